The van der Waals surface area contributed by atoms with Crippen LogP contribution in [-0.4, -0.2) is 42.1 Å². The fourth-order valence-electron chi connectivity index (χ4n) is 2.67. The quantitative estimate of drug-likeness (QED) is 0.691. The third-order valence-electron chi connectivity index (χ3n) is 4.03. The number of thioether (sulfide) groups is 1. The zero-order chi connectivity index (χ0) is 17.2. The maximum Gasteiger partial charge on any atom is 0.224 e. The third-order valence-corrected chi connectivity index (χ3v) is 5.57. The van der Waals surface area contributed by atoms with Crippen molar-refractivity contribution in [1.82, 2.24) is 10.2 Å². The maximum atomic E-state index is 12.1. The third kappa shape index (κ3) is 7.26. The smallest absolute Gasteiger partial charge is 0.224 e. The van der Waals surface area contributed by atoms with Gasteiger partial charge in [-0.2, -0.15) is 0 Å². The van der Waals surface area contributed by atoms with Gasteiger partial charge in [-0.15, -0.1) is 11.8 Å². The molecule has 0 bridgehead atoms. The van der Waals surface area contributed by atoms with Gasteiger partial charge in [0, 0.05) is 47.6 Å². The van der Waals surface area contributed by atoms with Crippen LogP contribution in [0.3, 0.4) is 0 Å². The minimum absolute atomic E-state index is 0.0169. The van der Waals surface area contributed by atoms with Crippen molar-refractivity contribution in [3.05, 3.63) is 28.7 Å². The summed E-state index contributed by atoms with van der Waals surface area (Å²) in [6.45, 7) is 2.18. The average molecular weight is 413 g/mol. The van der Waals surface area contributed by atoms with Crippen molar-refractivity contribution in [3.8, 4) is 0 Å². The van der Waals surface area contributed by atoms with Crippen molar-refractivity contribution in [1.29, 1.82) is 0 Å². The lowest BCUT2D eigenvalue weighted by molar-refractivity contribution is -0.131. The Morgan fingerprint density at radius 1 is 1.04 bits per heavy atom. The fraction of sp³-hybridized carbons (Fsp3) is 0.556. The number of hydrogen-bond acceptors (Lipinski definition) is 3. The molecule has 0 atom stereocenters. The van der Waals surface area contributed by atoms with Gasteiger partial charge in [-0.1, -0.05) is 28.8 Å². The normalized spacial score (nSPS) is 15.0. The Kier molecular flexibility index (Phi) is 8.67. The van der Waals surface area contributed by atoms with E-state index in [0.717, 1.165) is 41.1 Å². The maximum absolute atomic E-state index is 12.1. The summed E-state index contributed by atoms with van der Waals surface area (Å²) in [5.41, 5.74) is 0. The van der Waals surface area contributed by atoms with Crippen LogP contribution in [0.25, 0.3) is 0 Å². The second kappa shape index (κ2) is 10.8. The van der Waals surface area contributed by atoms with E-state index >= 15 is 0 Å². The first kappa shape index (κ1) is 19.3. The number of hydrogen-bond donors (Lipinski definition) is 1. The van der Waals surface area contributed by atoms with E-state index in [1.165, 1.54) is 12.8 Å². The predicted molar refractivity (Wildman–Crippen MR) is 102 cm³/mol. The Labute approximate surface area is 156 Å². The standard InChI is InChI=1S/C18H25BrN2O2S/c19-15-5-7-16(8-6-15)24-14-10-17(22)20-11-9-18(23)21-12-3-1-2-4-13-21/h5-8H,1-4,9-14H2,(H,20,22). The molecule has 0 spiro atoms. The number of amides is 2. The van der Waals surface area contributed by atoms with E-state index in [2.05, 4.69) is 21.2 Å². The lowest BCUT2D eigenvalue weighted by atomic mass is 10.2. The molecule has 1 aromatic carbocycles. The van der Waals surface area contributed by atoms with Gasteiger partial charge in [0.15, 0.2) is 0 Å². The van der Waals surface area contributed by atoms with Gasteiger partial charge in [0.2, 0.25) is 11.8 Å². The van der Waals surface area contributed by atoms with Crippen molar-refractivity contribution in [2.45, 2.75) is 43.4 Å². The molecule has 24 heavy (non-hydrogen) atoms. The molecule has 4 nitrogen and oxygen atoms in total. The number of nitrogens with one attached hydrogen (secondary N) is 1. The zero-order valence-electron chi connectivity index (χ0n) is 13.9. The minimum atomic E-state index is 0.0169. The number of nitrogens with zero attached hydrogens (tertiary/aromatic N) is 1. The summed E-state index contributed by atoms with van der Waals surface area (Å²) < 4.78 is 1.05. The molecule has 1 aliphatic rings. The summed E-state index contributed by atoms with van der Waals surface area (Å²) in [4.78, 5) is 27.1. The Morgan fingerprint density at radius 2 is 1.71 bits per heavy atom. The Balaban J connectivity index is 1.57. The molecule has 2 rings (SSSR count). The van der Waals surface area contributed by atoms with E-state index in [1.807, 2.05) is 29.2 Å². The highest BCUT2D eigenvalue weighted by Gasteiger charge is 2.15. The van der Waals surface area contributed by atoms with E-state index in [-0.39, 0.29) is 11.8 Å². The number of halogens is 1. The van der Waals surface area contributed by atoms with E-state index in [9.17, 15) is 9.59 Å². The summed E-state index contributed by atoms with van der Waals surface area (Å²) in [6, 6.07) is 8.06. The largest absolute Gasteiger partial charge is 0.356 e. The van der Waals surface area contributed by atoms with Gasteiger partial charge in [0.25, 0.3) is 0 Å². The van der Waals surface area contributed by atoms with Crippen LogP contribution in [0.2, 0.25) is 0 Å². The van der Waals surface area contributed by atoms with Crippen LogP contribution in [0.5, 0.6) is 0 Å². The summed E-state index contributed by atoms with van der Waals surface area (Å²) in [6.07, 6.45) is 5.52. The van der Waals surface area contributed by atoms with Gasteiger partial charge < -0.3 is 10.2 Å². The van der Waals surface area contributed by atoms with Crippen LogP contribution < -0.4 is 5.32 Å². The van der Waals surface area contributed by atoms with Crippen molar-refractivity contribution >= 4 is 39.5 Å². The van der Waals surface area contributed by atoms with Crippen LogP contribution in [0.1, 0.15) is 38.5 Å². The summed E-state index contributed by atoms with van der Waals surface area (Å²) >= 11 is 5.07. The van der Waals surface area contributed by atoms with E-state index < -0.39 is 0 Å². The van der Waals surface area contributed by atoms with Crippen molar-refractivity contribution in [2.75, 3.05) is 25.4 Å². The van der Waals surface area contributed by atoms with Gasteiger partial charge in [-0.25, -0.2) is 0 Å². The monoisotopic (exact) mass is 412 g/mol. The first-order valence-electron chi connectivity index (χ1n) is 8.58. The van der Waals surface area contributed by atoms with Gasteiger partial charge >= 0.3 is 0 Å². The number of benzene rings is 1. The number of rotatable bonds is 7. The van der Waals surface area contributed by atoms with Gasteiger partial charge in [-0.3, -0.25) is 9.59 Å². The van der Waals surface area contributed by atoms with Crippen molar-refractivity contribution in [2.24, 2.45) is 0 Å². The van der Waals surface area contributed by atoms with Crippen LogP contribution in [0.15, 0.2) is 33.6 Å². The molecular weight excluding hydrogens is 388 g/mol. The van der Waals surface area contributed by atoms with Crippen LogP contribution in [-0.2, 0) is 9.59 Å². The molecule has 2 amide bonds. The molecule has 1 heterocycles. The molecule has 1 fully saturated rings. The van der Waals surface area contributed by atoms with Gasteiger partial charge in [0.1, 0.15) is 0 Å². The second-order valence-corrected chi connectivity index (χ2v) is 8.03. The molecule has 0 aliphatic carbocycles. The summed E-state index contributed by atoms with van der Waals surface area (Å²) in [7, 11) is 0. The molecule has 1 aliphatic heterocycles. The van der Waals surface area contributed by atoms with E-state index in [0.29, 0.717) is 19.4 Å². The Hall–Kier alpha value is -1.01. The average Bonchev–Trinajstić information content (AvgIpc) is 2.86. The molecular formula is C18H25BrN2O2S. The SMILES string of the molecule is O=C(CCSc1ccc(Br)cc1)NCCC(=O)N1CCCCCC1. The minimum Gasteiger partial charge on any atom is -0.356 e. The zero-order valence-corrected chi connectivity index (χ0v) is 16.3. The van der Waals surface area contributed by atoms with Crippen LogP contribution in [0.4, 0.5) is 0 Å². The Bertz CT molecular complexity index is 528. The molecule has 0 radical (unpaired) electrons. The highest BCUT2D eigenvalue weighted by molar-refractivity contribution is 9.10. The molecule has 132 valence electrons. The first-order chi connectivity index (χ1) is 11.6. The van der Waals surface area contributed by atoms with E-state index in [1.54, 1.807) is 11.8 Å². The Morgan fingerprint density at radius 3 is 2.38 bits per heavy atom. The van der Waals surface area contributed by atoms with Crippen molar-refractivity contribution in [3.63, 3.8) is 0 Å². The van der Waals surface area contributed by atoms with Crippen LogP contribution >= 0.6 is 27.7 Å². The molecule has 1 aromatic rings. The first-order valence-corrected chi connectivity index (χ1v) is 10.4. The predicted octanol–water partition coefficient (Wildman–Crippen LogP) is 3.84. The lowest BCUT2D eigenvalue weighted by Crippen LogP contribution is -2.35. The number of likely N-dealkylation sites (tertiary alicyclic amines) is 1. The molecule has 1 saturated heterocycles. The fourth-order valence-corrected chi connectivity index (χ4v) is 3.78. The molecule has 0 aromatic heterocycles. The van der Waals surface area contributed by atoms with Gasteiger partial charge in [0.05, 0.1) is 0 Å². The van der Waals surface area contributed by atoms with E-state index in [4.69, 9.17) is 0 Å². The van der Waals surface area contributed by atoms with Crippen molar-refractivity contribution < 1.29 is 9.59 Å². The number of carbonyl (C=O) groups is 2. The van der Waals surface area contributed by atoms with Gasteiger partial charge in [-0.05, 0) is 37.1 Å². The molecule has 6 heteroatoms. The lowest BCUT2D eigenvalue weighted by Gasteiger charge is -2.20. The molecule has 0 saturated carbocycles. The molecule has 0 unspecified atom stereocenters. The highest BCUT2D eigenvalue weighted by Crippen LogP contribution is 2.21. The summed E-state index contributed by atoms with van der Waals surface area (Å²) in [5, 5.41) is 2.86. The van der Waals surface area contributed by atoms with Crippen LogP contribution in [0, 0.1) is 0 Å². The molecule has 1 N–H and O–H groups in total. The number of carbonyl (C=O) groups excluding carboxylic acids is 2. The summed E-state index contributed by atoms with van der Waals surface area (Å²) in [5.74, 6) is 0.929. The second-order valence-electron chi connectivity index (χ2n) is 5.95. The highest BCUT2D eigenvalue weighted by atomic mass is 79.9. The topological polar surface area (TPSA) is 49.4 Å².